The van der Waals surface area contributed by atoms with Gasteiger partial charge in [0.25, 0.3) is 0 Å². The molecule has 0 bridgehead atoms. The van der Waals surface area contributed by atoms with Crippen LogP contribution in [0.25, 0.3) is 0 Å². The number of benzene rings is 1. The van der Waals surface area contributed by atoms with Gasteiger partial charge in [0.15, 0.2) is 0 Å². The van der Waals surface area contributed by atoms with Crippen LogP contribution in [0.2, 0.25) is 0 Å². The lowest BCUT2D eigenvalue weighted by Crippen LogP contribution is -2.13. The van der Waals surface area contributed by atoms with Gasteiger partial charge in [0, 0.05) is 7.11 Å². The number of rotatable bonds is 5. The van der Waals surface area contributed by atoms with Crippen LogP contribution in [-0.2, 0) is 19.5 Å². The molecule has 0 spiro atoms. The molecule has 2 N–H and O–H groups in total. The largest absolute Gasteiger partial charge is 0.460 e. The summed E-state index contributed by atoms with van der Waals surface area (Å²) in [5.41, 5.74) is 0.258. The molecule has 0 unspecified atom stereocenters. The Bertz CT molecular complexity index is 480. The van der Waals surface area contributed by atoms with Crippen LogP contribution in [0.15, 0.2) is 29.2 Å². The van der Waals surface area contributed by atoms with Gasteiger partial charge in [-0.25, -0.2) is 18.4 Å². The number of nitrogens with two attached hydrogens (primary N) is 1. The van der Waals surface area contributed by atoms with Gasteiger partial charge in [-0.3, -0.25) is 0 Å². The fourth-order valence-corrected chi connectivity index (χ4v) is 1.60. The molecule has 1 aromatic rings. The number of hydrogen-bond donors (Lipinski definition) is 1. The van der Waals surface area contributed by atoms with E-state index < -0.39 is 16.0 Å². The smallest absolute Gasteiger partial charge is 0.338 e. The Balaban J connectivity index is 2.71. The van der Waals surface area contributed by atoms with Crippen molar-refractivity contribution in [3.63, 3.8) is 0 Å². The number of ether oxygens (including phenoxy) is 2. The maximum Gasteiger partial charge on any atom is 0.338 e. The van der Waals surface area contributed by atoms with Crippen LogP contribution in [-0.4, -0.2) is 34.7 Å². The molecule has 0 aliphatic heterocycles. The molecule has 0 aliphatic carbocycles. The van der Waals surface area contributed by atoms with Crippen molar-refractivity contribution in [2.45, 2.75) is 4.90 Å². The van der Waals surface area contributed by atoms with E-state index in [9.17, 15) is 13.2 Å². The van der Waals surface area contributed by atoms with Crippen LogP contribution in [0.4, 0.5) is 0 Å². The molecular weight excluding hydrogens is 246 g/mol. The summed E-state index contributed by atoms with van der Waals surface area (Å²) >= 11 is 0. The van der Waals surface area contributed by atoms with Crippen LogP contribution >= 0.6 is 0 Å². The zero-order chi connectivity index (χ0) is 12.9. The molecular formula is C10H13NO5S. The third-order valence-electron chi connectivity index (χ3n) is 1.94. The van der Waals surface area contributed by atoms with Crippen LogP contribution in [0, 0.1) is 0 Å². The number of hydrogen-bond acceptors (Lipinski definition) is 5. The van der Waals surface area contributed by atoms with E-state index in [0.717, 1.165) is 0 Å². The van der Waals surface area contributed by atoms with Crippen molar-refractivity contribution in [2.24, 2.45) is 5.14 Å². The van der Waals surface area contributed by atoms with Gasteiger partial charge in [0.2, 0.25) is 10.0 Å². The highest BCUT2D eigenvalue weighted by atomic mass is 32.2. The highest BCUT2D eigenvalue weighted by Crippen LogP contribution is 2.09. The maximum atomic E-state index is 11.4. The van der Waals surface area contributed by atoms with Gasteiger partial charge in [0.05, 0.1) is 17.1 Å². The van der Waals surface area contributed by atoms with Gasteiger partial charge < -0.3 is 9.47 Å². The Hall–Kier alpha value is -1.44. The molecule has 0 fully saturated rings. The third kappa shape index (κ3) is 4.14. The number of carbonyl (C=O) groups is 1. The molecule has 0 saturated carbocycles. The molecule has 0 radical (unpaired) electrons. The van der Waals surface area contributed by atoms with E-state index in [1.165, 1.54) is 31.4 Å². The monoisotopic (exact) mass is 259 g/mol. The van der Waals surface area contributed by atoms with Gasteiger partial charge in [-0.1, -0.05) is 0 Å². The van der Waals surface area contributed by atoms with Gasteiger partial charge >= 0.3 is 5.97 Å². The molecule has 0 atom stereocenters. The van der Waals surface area contributed by atoms with Crippen LogP contribution in [0.5, 0.6) is 0 Å². The Kier molecular flexibility index (Phi) is 4.62. The van der Waals surface area contributed by atoms with Gasteiger partial charge in [-0.2, -0.15) is 0 Å². The summed E-state index contributed by atoms with van der Waals surface area (Å²) in [6, 6.07) is 5.19. The lowest BCUT2D eigenvalue weighted by molar-refractivity contribution is 0.0388. The predicted octanol–water partition coefficient (Wildman–Crippen LogP) is 0.137. The summed E-state index contributed by atoms with van der Waals surface area (Å²) < 4.78 is 31.5. The van der Waals surface area contributed by atoms with Crippen LogP contribution in [0.1, 0.15) is 10.4 Å². The molecule has 0 heterocycles. The van der Waals surface area contributed by atoms with E-state index in [0.29, 0.717) is 6.61 Å². The van der Waals surface area contributed by atoms with Crippen molar-refractivity contribution < 1.29 is 22.7 Å². The molecule has 6 nitrogen and oxygen atoms in total. The van der Waals surface area contributed by atoms with E-state index in [-0.39, 0.29) is 17.1 Å². The molecule has 94 valence electrons. The Morgan fingerprint density at radius 2 is 1.82 bits per heavy atom. The van der Waals surface area contributed by atoms with Crippen LogP contribution < -0.4 is 5.14 Å². The molecule has 0 amide bonds. The SMILES string of the molecule is COCCOC(=O)c1ccc(S(N)(=O)=O)cc1. The van der Waals surface area contributed by atoms with Crippen molar-refractivity contribution in [3.8, 4) is 0 Å². The fraction of sp³-hybridized carbons (Fsp3) is 0.300. The van der Waals surface area contributed by atoms with Gasteiger partial charge in [-0.15, -0.1) is 0 Å². The first-order valence-corrected chi connectivity index (χ1v) is 6.28. The maximum absolute atomic E-state index is 11.4. The summed E-state index contributed by atoms with van der Waals surface area (Å²) in [5.74, 6) is -0.539. The van der Waals surface area contributed by atoms with E-state index in [1.54, 1.807) is 0 Å². The van der Waals surface area contributed by atoms with E-state index >= 15 is 0 Å². The number of esters is 1. The lowest BCUT2D eigenvalue weighted by atomic mass is 10.2. The summed E-state index contributed by atoms with van der Waals surface area (Å²) in [5, 5.41) is 4.92. The first-order valence-electron chi connectivity index (χ1n) is 4.74. The molecule has 17 heavy (non-hydrogen) atoms. The minimum absolute atomic E-state index is 0.0501. The van der Waals surface area contributed by atoms with Crippen molar-refractivity contribution in [2.75, 3.05) is 20.3 Å². The van der Waals surface area contributed by atoms with Gasteiger partial charge in [0.1, 0.15) is 6.61 Å². The quantitative estimate of drug-likeness (QED) is 0.599. The second kappa shape index (κ2) is 5.76. The minimum Gasteiger partial charge on any atom is -0.460 e. The highest BCUT2D eigenvalue weighted by molar-refractivity contribution is 7.89. The second-order valence-electron chi connectivity index (χ2n) is 3.20. The average Bonchev–Trinajstić information content (AvgIpc) is 2.28. The number of primary sulfonamides is 1. The Morgan fingerprint density at radius 3 is 2.29 bits per heavy atom. The molecule has 1 aromatic carbocycles. The summed E-state index contributed by atoms with van der Waals surface area (Å²) in [6.07, 6.45) is 0. The van der Waals surface area contributed by atoms with Crippen molar-refractivity contribution in [1.29, 1.82) is 0 Å². The number of sulfonamides is 1. The molecule has 1 rings (SSSR count). The fourth-order valence-electron chi connectivity index (χ4n) is 1.08. The molecule has 0 saturated heterocycles. The van der Waals surface area contributed by atoms with Crippen LogP contribution in [0.3, 0.4) is 0 Å². The number of methoxy groups -OCH3 is 1. The second-order valence-corrected chi connectivity index (χ2v) is 4.76. The topological polar surface area (TPSA) is 95.7 Å². The molecule has 0 aromatic heterocycles. The molecule has 7 heteroatoms. The van der Waals surface area contributed by atoms with E-state index in [4.69, 9.17) is 14.6 Å². The zero-order valence-corrected chi connectivity index (χ0v) is 10.1. The Labute approximate surface area is 99.4 Å². The van der Waals surface area contributed by atoms with Crippen molar-refractivity contribution >= 4 is 16.0 Å². The third-order valence-corrected chi connectivity index (χ3v) is 2.87. The summed E-state index contributed by atoms with van der Waals surface area (Å²) in [7, 11) is -2.24. The first-order chi connectivity index (χ1) is 7.95. The normalized spacial score (nSPS) is 11.2. The average molecular weight is 259 g/mol. The molecule has 0 aliphatic rings. The number of carbonyl (C=O) groups excluding carboxylic acids is 1. The van der Waals surface area contributed by atoms with E-state index in [1.807, 2.05) is 0 Å². The summed E-state index contributed by atoms with van der Waals surface area (Å²) in [4.78, 5) is 11.4. The van der Waals surface area contributed by atoms with E-state index in [2.05, 4.69) is 0 Å². The van der Waals surface area contributed by atoms with Crippen molar-refractivity contribution in [3.05, 3.63) is 29.8 Å². The lowest BCUT2D eigenvalue weighted by Gasteiger charge is -2.04. The minimum atomic E-state index is -3.74. The predicted molar refractivity (Wildman–Crippen MR) is 60.0 cm³/mol. The summed E-state index contributed by atoms with van der Waals surface area (Å²) in [6.45, 7) is 0.452. The zero-order valence-electron chi connectivity index (χ0n) is 9.25. The highest BCUT2D eigenvalue weighted by Gasteiger charge is 2.10. The van der Waals surface area contributed by atoms with Crippen molar-refractivity contribution in [1.82, 2.24) is 0 Å². The van der Waals surface area contributed by atoms with Gasteiger partial charge in [-0.05, 0) is 24.3 Å². The standard InChI is InChI=1S/C10H13NO5S/c1-15-6-7-16-10(12)8-2-4-9(5-3-8)17(11,13)14/h2-5H,6-7H2,1H3,(H2,11,13,14). The Morgan fingerprint density at radius 1 is 1.24 bits per heavy atom. The first kappa shape index (κ1) is 13.6.